The van der Waals surface area contributed by atoms with Gasteiger partial charge in [0.1, 0.15) is 5.75 Å². The van der Waals surface area contributed by atoms with E-state index in [0.717, 1.165) is 11.4 Å². The van der Waals surface area contributed by atoms with Crippen LogP contribution in [0.25, 0.3) is 0 Å². The van der Waals surface area contributed by atoms with Crippen LogP contribution in [0.3, 0.4) is 0 Å². The average molecular weight is 285 g/mol. The third-order valence-electron chi connectivity index (χ3n) is 3.57. The first-order valence-electron chi connectivity index (χ1n) is 7.24. The highest BCUT2D eigenvalue weighted by atomic mass is 16.5. The molecule has 0 fully saturated rings. The van der Waals surface area contributed by atoms with Crippen LogP contribution in [0.4, 0.5) is 5.69 Å². The molecule has 112 valence electrons. The standard InChI is InChI=1S/C18H23NO2/c1-13-6-4-5-7-17(13)18(12-14(2)20)19-15-8-10-16(21-3)11-9-15/h4-11,14,18-20H,12H2,1-3H3/t14-,18-/m0/s1. The molecule has 2 aromatic rings. The summed E-state index contributed by atoms with van der Waals surface area (Å²) in [7, 11) is 1.66. The van der Waals surface area contributed by atoms with Crippen molar-refractivity contribution in [1.29, 1.82) is 0 Å². The first-order chi connectivity index (χ1) is 10.1. The van der Waals surface area contributed by atoms with E-state index in [-0.39, 0.29) is 12.1 Å². The smallest absolute Gasteiger partial charge is 0.119 e. The highest BCUT2D eigenvalue weighted by Crippen LogP contribution is 2.27. The monoisotopic (exact) mass is 285 g/mol. The van der Waals surface area contributed by atoms with Crippen LogP contribution in [0.5, 0.6) is 5.75 Å². The van der Waals surface area contributed by atoms with Gasteiger partial charge in [-0.2, -0.15) is 0 Å². The topological polar surface area (TPSA) is 41.5 Å². The first-order valence-corrected chi connectivity index (χ1v) is 7.24. The summed E-state index contributed by atoms with van der Waals surface area (Å²) in [4.78, 5) is 0. The minimum absolute atomic E-state index is 0.0830. The van der Waals surface area contributed by atoms with Crippen LogP contribution < -0.4 is 10.1 Å². The maximum atomic E-state index is 9.78. The Bertz CT molecular complexity index is 564. The summed E-state index contributed by atoms with van der Waals surface area (Å²) in [5.41, 5.74) is 3.46. The summed E-state index contributed by atoms with van der Waals surface area (Å²) >= 11 is 0. The third kappa shape index (κ3) is 4.23. The molecule has 0 heterocycles. The second-order valence-corrected chi connectivity index (χ2v) is 5.37. The molecule has 21 heavy (non-hydrogen) atoms. The average Bonchev–Trinajstić information content (AvgIpc) is 2.47. The van der Waals surface area contributed by atoms with Gasteiger partial charge in [-0.1, -0.05) is 24.3 Å². The molecule has 0 aliphatic heterocycles. The van der Waals surface area contributed by atoms with Gasteiger partial charge in [-0.25, -0.2) is 0 Å². The van der Waals surface area contributed by atoms with Crippen LogP contribution in [0, 0.1) is 6.92 Å². The fraction of sp³-hybridized carbons (Fsp3) is 0.333. The Kier molecular flexibility index (Phi) is 5.23. The summed E-state index contributed by atoms with van der Waals surface area (Å²) < 4.78 is 5.17. The first kappa shape index (κ1) is 15.4. The van der Waals surface area contributed by atoms with Gasteiger partial charge in [-0.05, 0) is 55.7 Å². The molecule has 0 aromatic heterocycles. The molecular weight excluding hydrogens is 262 g/mol. The number of anilines is 1. The van der Waals surface area contributed by atoms with E-state index >= 15 is 0 Å². The predicted octanol–water partition coefficient (Wildman–Crippen LogP) is 3.93. The molecule has 0 bridgehead atoms. The summed E-state index contributed by atoms with van der Waals surface area (Å²) in [5, 5.41) is 13.3. The highest BCUT2D eigenvalue weighted by molar-refractivity contribution is 5.49. The Labute approximate surface area is 126 Å². The lowest BCUT2D eigenvalue weighted by Gasteiger charge is -2.23. The van der Waals surface area contributed by atoms with Crippen molar-refractivity contribution in [2.24, 2.45) is 0 Å². The predicted molar refractivity (Wildman–Crippen MR) is 86.8 cm³/mol. The van der Waals surface area contributed by atoms with Gasteiger partial charge in [0, 0.05) is 5.69 Å². The van der Waals surface area contributed by atoms with Crippen LogP contribution in [0.15, 0.2) is 48.5 Å². The van der Waals surface area contributed by atoms with Gasteiger partial charge in [-0.15, -0.1) is 0 Å². The highest BCUT2D eigenvalue weighted by Gasteiger charge is 2.15. The molecule has 0 radical (unpaired) electrons. The van der Waals surface area contributed by atoms with Crippen LogP contribution >= 0.6 is 0 Å². The maximum Gasteiger partial charge on any atom is 0.119 e. The number of nitrogens with one attached hydrogen (secondary N) is 1. The summed E-state index contributed by atoms with van der Waals surface area (Å²) in [6.45, 7) is 3.92. The quantitative estimate of drug-likeness (QED) is 0.845. The zero-order valence-electron chi connectivity index (χ0n) is 12.8. The Hall–Kier alpha value is -2.00. The molecule has 3 nitrogen and oxygen atoms in total. The van der Waals surface area contributed by atoms with Gasteiger partial charge in [0.15, 0.2) is 0 Å². The maximum absolute atomic E-state index is 9.78. The summed E-state index contributed by atoms with van der Waals surface area (Å²) in [6.07, 6.45) is 0.303. The lowest BCUT2D eigenvalue weighted by molar-refractivity contribution is 0.177. The Morgan fingerprint density at radius 3 is 2.33 bits per heavy atom. The number of aliphatic hydroxyl groups is 1. The molecule has 2 N–H and O–H groups in total. The summed E-state index contributed by atoms with van der Waals surface area (Å²) in [6, 6.07) is 16.2. The van der Waals surface area contributed by atoms with E-state index in [9.17, 15) is 5.11 Å². The van der Waals surface area contributed by atoms with E-state index in [2.05, 4.69) is 24.4 Å². The number of hydrogen-bond donors (Lipinski definition) is 2. The Morgan fingerprint density at radius 1 is 1.10 bits per heavy atom. The zero-order valence-corrected chi connectivity index (χ0v) is 12.8. The van der Waals surface area contributed by atoms with Crippen LogP contribution in [-0.4, -0.2) is 18.3 Å². The summed E-state index contributed by atoms with van der Waals surface area (Å²) in [5.74, 6) is 0.837. The molecular formula is C18H23NO2. The number of methoxy groups -OCH3 is 1. The molecule has 2 aromatic carbocycles. The molecule has 0 spiro atoms. The van der Waals surface area contributed by atoms with Crippen molar-refractivity contribution in [3.05, 3.63) is 59.7 Å². The lowest BCUT2D eigenvalue weighted by Crippen LogP contribution is -2.17. The second kappa shape index (κ2) is 7.14. The molecule has 0 amide bonds. The van der Waals surface area contributed by atoms with E-state index in [1.54, 1.807) is 7.11 Å². The normalized spacial score (nSPS) is 13.5. The zero-order chi connectivity index (χ0) is 15.2. The number of aliphatic hydroxyl groups excluding tert-OH is 1. The Balaban J connectivity index is 2.21. The van der Waals surface area contributed by atoms with Gasteiger partial charge in [0.05, 0.1) is 19.3 Å². The van der Waals surface area contributed by atoms with Gasteiger partial charge in [0.2, 0.25) is 0 Å². The van der Waals surface area contributed by atoms with E-state index in [0.29, 0.717) is 6.42 Å². The van der Waals surface area contributed by atoms with Crippen molar-refractivity contribution < 1.29 is 9.84 Å². The number of hydrogen-bond acceptors (Lipinski definition) is 3. The van der Waals surface area contributed by atoms with Crippen molar-refractivity contribution >= 4 is 5.69 Å². The van der Waals surface area contributed by atoms with Crippen molar-refractivity contribution in [2.45, 2.75) is 32.4 Å². The SMILES string of the molecule is COc1ccc(N[C@@H](C[C@H](C)O)c2ccccc2C)cc1. The largest absolute Gasteiger partial charge is 0.497 e. The fourth-order valence-electron chi connectivity index (χ4n) is 2.47. The van der Waals surface area contributed by atoms with Crippen molar-refractivity contribution in [3.8, 4) is 5.75 Å². The third-order valence-corrected chi connectivity index (χ3v) is 3.57. The van der Waals surface area contributed by atoms with Crippen LogP contribution in [0.2, 0.25) is 0 Å². The molecule has 0 aliphatic carbocycles. The van der Waals surface area contributed by atoms with Crippen molar-refractivity contribution in [3.63, 3.8) is 0 Å². The minimum Gasteiger partial charge on any atom is -0.497 e. The number of rotatable bonds is 6. The van der Waals surface area contributed by atoms with Gasteiger partial charge < -0.3 is 15.2 Å². The lowest BCUT2D eigenvalue weighted by atomic mass is 9.96. The minimum atomic E-state index is -0.361. The van der Waals surface area contributed by atoms with Gasteiger partial charge >= 0.3 is 0 Å². The number of aryl methyl sites for hydroxylation is 1. The second-order valence-electron chi connectivity index (χ2n) is 5.37. The molecule has 0 unspecified atom stereocenters. The molecule has 3 heteroatoms. The molecule has 0 saturated carbocycles. The van der Waals surface area contributed by atoms with Gasteiger partial charge in [-0.3, -0.25) is 0 Å². The fourth-order valence-corrected chi connectivity index (χ4v) is 2.47. The number of ether oxygens (including phenoxy) is 1. The van der Waals surface area contributed by atoms with Crippen LogP contribution in [0.1, 0.15) is 30.5 Å². The van der Waals surface area contributed by atoms with Crippen molar-refractivity contribution in [2.75, 3.05) is 12.4 Å². The molecule has 0 saturated heterocycles. The van der Waals surface area contributed by atoms with E-state index in [1.165, 1.54) is 11.1 Å². The molecule has 2 rings (SSSR count). The van der Waals surface area contributed by atoms with E-state index < -0.39 is 0 Å². The van der Waals surface area contributed by atoms with Gasteiger partial charge in [0.25, 0.3) is 0 Å². The van der Waals surface area contributed by atoms with Crippen LogP contribution in [-0.2, 0) is 0 Å². The molecule has 0 aliphatic rings. The van der Waals surface area contributed by atoms with E-state index in [4.69, 9.17) is 4.74 Å². The van der Waals surface area contributed by atoms with E-state index in [1.807, 2.05) is 43.3 Å². The Morgan fingerprint density at radius 2 is 1.76 bits per heavy atom. The molecule has 2 atom stereocenters. The van der Waals surface area contributed by atoms with Crippen molar-refractivity contribution in [1.82, 2.24) is 0 Å². The number of benzene rings is 2.